The number of aromatic nitrogens is 1. The van der Waals surface area contributed by atoms with Crippen molar-refractivity contribution in [1.82, 2.24) is 4.98 Å². The van der Waals surface area contributed by atoms with Crippen LogP contribution in [0.2, 0.25) is 0 Å². The van der Waals surface area contributed by atoms with Gasteiger partial charge in [-0.25, -0.2) is 4.98 Å². The van der Waals surface area contributed by atoms with E-state index in [2.05, 4.69) is 16.7 Å². The average molecular weight is 229 g/mol. The van der Waals surface area contributed by atoms with Crippen molar-refractivity contribution in [2.24, 2.45) is 5.92 Å². The molecule has 14 heavy (non-hydrogen) atoms. The summed E-state index contributed by atoms with van der Waals surface area (Å²) in [6.45, 7) is 0.237. The second-order valence-corrected chi connectivity index (χ2v) is 5.98. The average Bonchev–Trinajstić information content (AvgIpc) is 2.79. The summed E-state index contributed by atoms with van der Waals surface area (Å²) in [4.78, 5) is 5.61. The van der Waals surface area contributed by atoms with Crippen LogP contribution < -0.4 is 0 Å². The molecule has 4 heteroatoms. The molecule has 0 amide bonds. The fourth-order valence-electron chi connectivity index (χ4n) is 1.66. The van der Waals surface area contributed by atoms with Crippen molar-refractivity contribution < 1.29 is 5.11 Å². The van der Waals surface area contributed by atoms with Crippen LogP contribution in [0.25, 0.3) is 0 Å². The molecule has 78 valence electrons. The van der Waals surface area contributed by atoms with Crippen molar-refractivity contribution in [3.05, 3.63) is 16.1 Å². The number of aliphatic hydroxyl groups is 1. The molecule has 2 rings (SSSR count). The molecule has 0 spiro atoms. The number of thiazole rings is 1. The lowest BCUT2D eigenvalue weighted by Crippen LogP contribution is -2.01. The van der Waals surface area contributed by atoms with Crippen molar-refractivity contribution in [2.45, 2.75) is 19.3 Å². The van der Waals surface area contributed by atoms with Crippen LogP contribution in [0.5, 0.6) is 0 Å². The highest BCUT2D eigenvalue weighted by molar-refractivity contribution is 7.99. The second kappa shape index (κ2) is 5.14. The summed E-state index contributed by atoms with van der Waals surface area (Å²) < 4.78 is 0. The maximum atomic E-state index is 8.79. The number of nitrogens with zero attached hydrogens (tertiary/aromatic N) is 1. The maximum Gasteiger partial charge on any atom is 0.0930 e. The largest absolute Gasteiger partial charge is 0.396 e. The first kappa shape index (κ1) is 10.5. The van der Waals surface area contributed by atoms with Gasteiger partial charge < -0.3 is 5.11 Å². The third-order valence-corrected chi connectivity index (χ3v) is 4.76. The number of rotatable bonds is 4. The van der Waals surface area contributed by atoms with E-state index in [0.29, 0.717) is 0 Å². The minimum Gasteiger partial charge on any atom is -0.396 e. The smallest absolute Gasteiger partial charge is 0.0930 e. The van der Waals surface area contributed by atoms with Gasteiger partial charge in [0.2, 0.25) is 0 Å². The summed E-state index contributed by atoms with van der Waals surface area (Å²) in [5, 5.41) is 10.0. The molecule has 2 nitrogen and oxygen atoms in total. The van der Waals surface area contributed by atoms with Gasteiger partial charge in [0.25, 0.3) is 0 Å². The second-order valence-electron chi connectivity index (χ2n) is 3.63. The first-order valence-electron chi connectivity index (χ1n) is 5.00. The normalized spacial score (nSPS) is 21.6. The topological polar surface area (TPSA) is 33.1 Å². The molecule has 0 aromatic carbocycles. The predicted molar refractivity (Wildman–Crippen MR) is 62.0 cm³/mol. The van der Waals surface area contributed by atoms with Crippen LogP contribution in [-0.2, 0) is 12.8 Å². The number of hydrogen-bond donors (Lipinski definition) is 1. The molecule has 1 saturated heterocycles. The quantitative estimate of drug-likeness (QED) is 0.857. The van der Waals surface area contributed by atoms with Gasteiger partial charge in [0.05, 0.1) is 5.01 Å². The van der Waals surface area contributed by atoms with Crippen LogP contribution in [0.4, 0.5) is 0 Å². The van der Waals surface area contributed by atoms with E-state index >= 15 is 0 Å². The van der Waals surface area contributed by atoms with Gasteiger partial charge in [0, 0.05) is 30.5 Å². The Kier molecular flexibility index (Phi) is 3.84. The molecule has 1 atom stereocenters. The number of hydrogen-bond acceptors (Lipinski definition) is 4. The third kappa shape index (κ3) is 2.72. The van der Waals surface area contributed by atoms with Crippen LogP contribution in [0.1, 0.15) is 16.3 Å². The lowest BCUT2D eigenvalue weighted by atomic mass is 10.1. The van der Waals surface area contributed by atoms with E-state index in [1.54, 1.807) is 11.3 Å². The molecule has 1 aliphatic heterocycles. The van der Waals surface area contributed by atoms with E-state index in [-0.39, 0.29) is 6.61 Å². The lowest BCUT2D eigenvalue weighted by Gasteiger charge is -2.03. The Labute approximate surface area is 92.8 Å². The third-order valence-electron chi connectivity index (χ3n) is 2.45. The SMILES string of the molecule is OCCc1cnc(CC2CCSC2)s1. The summed E-state index contributed by atoms with van der Waals surface area (Å²) in [5.41, 5.74) is 0. The molecule has 0 radical (unpaired) electrons. The highest BCUT2D eigenvalue weighted by atomic mass is 32.2. The van der Waals surface area contributed by atoms with Gasteiger partial charge in [-0.05, 0) is 23.8 Å². The molecule has 1 fully saturated rings. The van der Waals surface area contributed by atoms with E-state index in [0.717, 1.165) is 18.8 Å². The monoisotopic (exact) mass is 229 g/mol. The number of thioether (sulfide) groups is 1. The van der Waals surface area contributed by atoms with Crippen LogP contribution in [0.15, 0.2) is 6.20 Å². The van der Waals surface area contributed by atoms with Gasteiger partial charge in [-0.2, -0.15) is 11.8 Å². The number of aliphatic hydroxyl groups excluding tert-OH is 1. The summed E-state index contributed by atoms with van der Waals surface area (Å²) >= 11 is 3.82. The summed E-state index contributed by atoms with van der Waals surface area (Å²) in [5.74, 6) is 3.46. The fourth-order valence-corrected chi connectivity index (χ4v) is 3.97. The molecular weight excluding hydrogens is 214 g/mol. The zero-order valence-corrected chi connectivity index (χ0v) is 9.74. The van der Waals surface area contributed by atoms with Crippen molar-refractivity contribution in [2.75, 3.05) is 18.1 Å². The highest BCUT2D eigenvalue weighted by Gasteiger charge is 2.17. The molecule has 0 aliphatic carbocycles. The Balaban J connectivity index is 1.88. The Morgan fingerprint density at radius 1 is 1.57 bits per heavy atom. The van der Waals surface area contributed by atoms with Crippen LogP contribution >= 0.6 is 23.1 Å². The van der Waals surface area contributed by atoms with E-state index in [1.165, 1.54) is 27.8 Å². The fraction of sp³-hybridized carbons (Fsp3) is 0.700. The maximum absolute atomic E-state index is 8.79. The highest BCUT2D eigenvalue weighted by Crippen LogP contribution is 2.27. The van der Waals surface area contributed by atoms with Crippen molar-refractivity contribution >= 4 is 23.1 Å². The molecular formula is C10H15NOS2. The van der Waals surface area contributed by atoms with Crippen LogP contribution in [0.3, 0.4) is 0 Å². The predicted octanol–water partition coefficient (Wildman–Crippen LogP) is 1.97. The summed E-state index contributed by atoms with van der Waals surface area (Å²) in [6.07, 6.45) is 5.16. The van der Waals surface area contributed by atoms with Crippen molar-refractivity contribution in [1.29, 1.82) is 0 Å². The molecule has 1 aromatic rings. The van der Waals surface area contributed by atoms with Gasteiger partial charge in [-0.15, -0.1) is 11.3 Å². The van der Waals surface area contributed by atoms with Gasteiger partial charge in [0.1, 0.15) is 0 Å². The van der Waals surface area contributed by atoms with E-state index < -0.39 is 0 Å². The van der Waals surface area contributed by atoms with E-state index in [1.807, 2.05) is 6.20 Å². The molecule has 0 saturated carbocycles. The minimum atomic E-state index is 0.237. The molecule has 1 aliphatic rings. The van der Waals surface area contributed by atoms with Gasteiger partial charge in [0.15, 0.2) is 0 Å². The van der Waals surface area contributed by atoms with Gasteiger partial charge in [-0.1, -0.05) is 0 Å². The van der Waals surface area contributed by atoms with Crippen molar-refractivity contribution in [3.8, 4) is 0 Å². The zero-order valence-electron chi connectivity index (χ0n) is 8.11. The summed E-state index contributed by atoms with van der Waals surface area (Å²) in [7, 11) is 0. The Hall–Kier alpha value is -0.0600. The Morgan fingerprint density at radius 3 is 3.21 bits per heavy atom. The van der Waals surface area contributed by atoms with E-state index in [9.17, 15) is 0 Å². The molecule has 1 N–H and O–H groups in total. The Morgan fingerprint density at radius 2 is 2.50 bits per heavy atom. The lowest BCUT2D eigenvalue weighted by molar-refractivity contribution is 0.300. The van der Waals surface area contributed by atoms with Crippen LogP contribution in [0, 0.1) is 5.92 Å². The molecule has 0 bridgehead atoms. The van der Waals surface area contributed by atoms with Crippen LogP contribution in [-0.4, -0.2) is 28.2 Å². The molecule has 1 aromatic heterocycles. The first-order valence-corrected chi connectivity index (χ1v) is 6.98. The zero-order chi connectivity index (χ0) is 9.80. The Bertz CT molecular complexity index is 281. The molecule has 2 heterocycles. The standard InChI is InChI=1S/C10H15NOS2/c12-3-1-9-6-11-10(14-9)5-8-2-4-13-7-8/h6,8,12H,1-5,7H2. The van der Waals surface area contributed by atoms with E-state index in [4.69, 9.17) is 5.11 Å². The first-order chi connectivity index (χ1) is 6.88. The van der Waals surface area contributed by atoms with Gasteiger partial charge in [-0.3, -0.25) is 0 Å². The van der Waals surface area contributed by atoms with Gasteiger partial charge >= 0.3 is 0 Å². The van der Waals surface area contributed by atoms with Crippen molar-refractivity contribution in [3.63, 3.8) is 0 Å². The molecule has 1 unspecified atom stereocenters. The summed E-state index contributed by atoms with van der Waals surface area (Å²) in [6, 6.07) is 0. The minimum absolute atomic E-state index is 0.237.